The molecule has 0 bridgehead atoms. The fourth-order valence-electron chi connectivity index (χ4n) is 2.40. The van der Waals surface area contributed by atoms with Crippen molar-refractivity contribution in [1.82, 2.24) is 5.32 Å². The summed E-state index contributed by atoms with van der Waals surface area (Å²) >= 11 is 3.45. The molecule has 0 amide bonds. The van der Waals surface area contributed by atoms with Crippen LogP contribution >= 0.6 is 15.9 Å². The van der Waals surface area contributed by atoms with Crippen LogP contribution in [0.2, 0.25) is 0 Å². The Morgan fingerprint density at radius 2 is 1.94 bits per heavy atom. The number of hydrogen-bond acceptors (Lipinski definition) is 2. The fraction of sp³-hybridized carbons (Fsp3) is 0.571. The minimum Gasteiger partial charge on any atom is -0.311 e. The highest BCUT2D eigenvalue weighted by Gasteiger charge is 2.19. The monoisotopic (exact) mass is 329 g/mol. The van der Waals surface area contributed by atoms with E-state index in [2.05, 4.69) is 52.4 Å². The van der Waals surface area contributed by atoms with E-state index in [0.29, 0.717) is 12.1 Å². The van der Waals surface area contributed by atoms with Gasteiger partial charge in [-0.05, 0) is 43.9 Å². The molecule has 1 aromatic carbocycles. The molecule has 0 spiro atoms. The predicted molar refractivity (Wildman–Crippen MR) is 81.3 cm³/mol. The number of hydrogen-bond donors (Lipinski definition) is 1. The summed E-state index contributed by atoms with van der Waals surface area (Å²) in [7, 11) is -0.562. The van der Waals surface area contributed by atoms with Crippen molar-refractivity contribution >= 4 is 26.7 Å². The Bertz CT molecular complexity index is 397. The molecule has 1 heterocycles. The third kappa shape index (κ3) is 4.48. The van der Waals surface area contributed by atoms with Crippen molar-refractivity contribution in [3.05, 3.63) is 34.3 Å². The van der Waals surface area contributed by atoms with Crippen LogP contribution in [0.25, 0.3) is 0 Å². The molecule has 18 heavy (non-hydrogen) atoms. The van der Waals surface area contributed by atoms with E-state index in [0.717, 1.165) is 35.2 Å². The van der Waals surface area contributed by atoms with Crippen molar-refractivity contribution in [2.24, 2.45) is 0 Å². The summed E-state index contributed by atoms with van der Waals surface area (Å²) in [5, 5.41) is 3.66. The highest BCUT2D eigenvalue weighted by atomic mass is 79.9. The van der Waals surface area contributed by atoms with Gasteiger partial charge < -0.3 is 5.32 Å². The fourth-order valence-corrected chi connectivity index (χ4v) is 3.96. The highest BCUT2D eigenvalue weighted by Crippen LogP contribution is 2.14. The van der Waals surface area contributed by atoms with Crippen molar-refractivity contribution in [2.45, 2.75) is 38.3 Å². The van der Waals surface area contributed by atoms with Crippen LogP contribution < -0.4 is 5.32 Å². The standard InChI is InChI=1S/C14H20BrNOS/c1-11(10-12-2-4-13(15)5-3-12)16-14-6-8-18(17)9-7-14/h2-5,11,14,16H,6-10H2,1H3. The molecule has 0 aliphatic carbocycles. The van der Waals surface area contributed by atoms with Gasteiger partial charge in [-0.25, -0.2) is 0 Å². The van der Waals surface area contributed by atoms with Gasteiger partial charge in [0.25, 0.3) is 0 Å². The van der Waals surface area contributed by atoms with Gasteiger partial charge in [0.05, 0.1) is 0 Å². The lowest BCUT2D eigenvalue weighted by Gasteiger charge is -2.26. The summed E-state index contributed by atoms with van der Waals surface area (Å²) in [5.41, 5.74) is 1.36. The maximum atomic E-state index is 11.3. The van der Waals surface area contributed by atoms with E-state index in [1.165, 1.54) is 5.56 Å². The molecule has 0 radical (unpaired) electrons. The molecule has 1 fully saturated rings. The first-order valence-corrected chi connectivity index (χ1v) is 8.77. The molecular weight excluding hydrogens is 310 g/mol. The first kappa shape index (κ1) is 14.2. The Morgan fingerprint density at radius 1 is 1.33 bits per heavy atom. The lowest BCUT2D eigenvalue weighted by molar-refractivity contribution is 0.417. The zero-order valence-electron chi connectivity index (χ0n) is 10.7. The van der Waals surface area contributed by atoms with Crippen LogP contribution in [-0.4, -0.2) is 27.8 Å². The summed E-state index contributed by atoms with van der Waals surface area (Å²) in [4.78, 5) is 0. The minimum atomic E-state index is -0.562. The van der Waals surface area contributed by atoms with E-state index in [4.69, 9.17) is 0 Å². The van der Waals surface area contributed by atoms with E-state index >= 15 is 0 Å². The summed E-state index contributed by atoms with van der Waals surface area (Å²) in [6, 6.07) is 9.53. The van der Waals surface area contributed by atoms with Gasteiger partial charge in [-0.3, -0.25) is 4.21 Å². The molecular formula is C14H20BrNOS. The first-order chi connectivity index (χ1) is 8.63. The minimum absolute atomic E-state index is 0.475. The van der Waals surface area contributed by atoms with Crippen LogP contribution in [0.3, 0.4) is 0 Å². The molecule has 1 unspecified atom stereocenters. The molecule has 1 aliphatic heterocycles. The first-order valence-electron chi connectivity index (χ1n) is 6.49. The van der Waals surface area contributed by atoms with E-state index < -0.39 is 10.8 Å². The lowest BCUT2D eigenvalue weighted by Crippen LogP contribution is -2.41. The number of benzene rings is 1. The molecule has 2 rings (SSSR count). The topological polar surface area (TPSA) is 29.1 Å². The van der Waals surface area contributed by atoms with Crippen LogP contribution in [0, 0.1) is 0 Å². The normalized spacial score (nSPS) is 25.9. The number of halogens is 1. The molecule has 0 aromatic heterocycles. The van der Waals surface area contributed by atoms with Crippen molar-refractivity contribution in [2.75, 3.05) is 11.5 Å². The second kappa shape index (κ2) is 6.83. The Hall–Kier alpha value is -0.190. The zero-order chi connectivity index (χ0) is 13.0. The summed E-state index contributed by atoms with van der Waals surface area (Å²) < 4.78 is 12.4. The maximum absolute atomic E-state index is 11.3. The van der Waals surface area contributed by atoms with Gasteiger partial charge in [-0.2, -0.15) is 0 Å². The Balaban J connectivity index is 1.79. The maximum Gasteiger partial charge on any atom is 0.0249 e. The van der Waals surface area contributed by atoms with Crippen molar-refractivity contribution in [1.29, 1.82) is 0 Å². The van der Waals surface area contributed by atoms with Crippen LogP contribution in [0.1, 0.15) is 25.3 Å². The van der Waals surface area contributed by atoms with Crippen LogP contribution in [-0.2, 0) is 17.2 Å². The van der Waals surface area contributed by atoms with Gasteiger partial charge in [0.15, 0.2) is 0 Å². The average molecular weight is 330 g/mol. The molecule has 1 aromatic rings. The summed E-state index contributed by atoms with van der Waals surface area (Å²) in [6.07, 6.45) is 3.15. The molecule has 4 heteroatoms. The Labute approximate surface area is 120 Å². The third-order valence-electron chi connectivity index (χ3n) is 3.36. The molecule has 2 nitrogen and oxygen atoms in total. The van der Waals surface area contributed by atoms with Gasteiger partial charge in [-0.1, -0.05) is 28.1 Å². The second-order valence-electron chi connectivity index (χ2n) is 5.02. The van der Waals surface area contributed by atoms with Gasteiger partial charge in [0, 0.05) is 38.9 Å². The van der Waals surface area contributed by atoms with Crippen LogP contribution in [0.5, 0.6) is 0 Å². The van der Waals surface area contributed by atoms with Gasteiger partial charge in [0.1, 0.15) is 0 Å². The Morgan fingerprint density at radius 3 is 2.56 bits per heavy atom. The molecule has 1 saturated heterocycles. The third-order valence-corrected chi connectivity index (χ3v) is 5.27. The van der Waals surface area contributed by atoms with E-state index in [-0.39, 0.29) is 0 Å². The van der Waals surface area contributed by atoms with Crippen molar-refractivity contribution in [3.8, 4) is 0 Å². The van der Waals surface area contributed by atoms with E-state index in [1.807, 2.05) is 0 Å². The van der Waals surface area contributed by atoms with Crippen LogP contribution in [0.4, 0.5) is 0 Å². The van der Waals surface area contributed by atoms with E-state index in [1.54, 1.807) is 0 Å². The van der Waals surface area contributed by atoms with Gasteiger partial charge >= 0.3 is 0 Å². The smallest absolute Gasteiger partial charge is 0.0249 e. The number of nitrogens with one attached hydrogen (secondary N) is 1. The van der Waals surface area contributed by atoms with E-state index in [9.17, 15) is 4.21 Å². The number of rotatable bonds is 4. The van der Waals surface area contributed by atoms with Gasteiger partial charge in [-0.15, -0.1) is 0 Å². The molecule has 100 valence electrons. The zero-order valence-corrected chi connectivity index (χ0v) is 13.1. The summed E-state index contributed by atoms with van der Waals surface area (Å²) in [5.74, 6) is 1.73. The van der Waals surface area contributed by atoms with Gasteiger partial charge in [0.2, 0.25) is 0 Å². The largest absolute Gasteiger partial charge is 0.311 e. The molecule has 1 N–H and O–H groups in total. The quantitative estimate of drug-likeness (QED) is 0.920. The molecule has 1 aliphatic rings. The van der Waals surface area contributed by atoms with Crippen molar-refractivity contribution < 1.29 is 4.21 Å². The van der Waals surface area contributed by atoms with Crippen LogP contribution in [0.15, 0.2) is 28.7 Å². The average Bonchev–Trinajstić information content (AvgIpc) is 2.35. The lowest BCUT2D eigenvalue weighted by atomic mass is 10.0. The predicted octanol–water partition coefficient (Wildman–Crippen LogP) is 2.88. The SMILES string of the molecule is CC(Cc1ccc(Br)cc1)NC1CCS(=O)CC1. The Kier molecular flexibility index (Phi) is 5.39. The van der Waals surface area contributed by atoms with Crippen molar-refractivity contribution in [3.63, 3.8) is 0 Å². The highest BCUT2D eigenvalue weighted by molar-refractivity contribution is 9.10. The molecule has 0 saturated carbocycles. The second-order valence-corrected chi connectivity index (χ2v) is 7.63. The molecule has 1 atom stereocenters. The summed E-state index contributed by atoms with van der Waals surface area (Å²) in [6.45, 7) is 2.23.